The van der Waals surface area contributed by atoms with Crippen molar-refractivity contribution in [3.63, 3.8) is 0 Å². The zero-order valence-electron chi connectivity index (χ0n) is 14.8. The number of hydrogen-bond acceptors (Lipinski definition) is 1. The molecule has 0 bridgehead atoms. The maximum atomic E-state index is 2.21. The molecule has 0 radical (unpaired) electrons. The van der Waals surface area contributed by atoms with Gasteiger partial charge in [-0.2, -0.15) is 0 Å². The van der Waals surface area contributed by atoms with Crippen molar-refractivity contribution in [3.05, 3.63) is 109 Å². The van der Waals surface area contributed by atoms with Crippen LogP contribution in [-0.4, -0.2) is 7.98 Å². The predicted octanol–water partition coefficient (Wildman–Crippen LogP) is 5.71. The minimum Gasteiger partial charge on any atom is -0.394 e. The molecule has 0 spiro atoms. The molecule has 0 heterocycles. The van der Waals surface area contributed by atoms with Crippen molar-refractivity contribution >= 4 is 19.4 Å². The van der Waals surface area contributed by atoms with Crippen molar-refractivity contribution in [2.45, 2.75) is 0 Å². The molecule has 0 aromatic heterocycles. The van der Waals surface area contributed by atoms with Crippen LogP contribution < -0.4 is 4.81 Å². The maximum Gasteiger partial charge on any atom is 0.223 e. The van der Waals surface area contributed by atoms with Crippen molar-refractivity contribution in [2.75, 3.05) is 4.81 Å². The number of hydrogen-bond donors (Lipinski definition) is 0. The summed E-state index contributed by atoms with van der Waals surface area (Å²) < 4.78 is 0. The van der Waals surface area contributed by atoms with Gasteiger partial charge in [-0.15, -0.1) is 0 Å². The topological polar surface area (TPSA) is 3.24 Å². The highest BCUT2D eigenvalue weighted by Gasteiger charge is 2.05. The van der Waals surface area contributed by atoms with Gasteiger partial charge in [0, 0.05) is 11.4 Å². The van der Waals surface area contributed by atoms with Crippen molar-refractivity contribution in [1.82, 2.24) is 0 Å². The Bertz CT molecular complexity index is 879. The summed E-state index contributed by atoms with van der Waals surface area (Å²) in [7, 11) is 2.11. The summed E-state index contributed by atoms with van der Waals surface area (Å²) in [5.74, 6) is 0. The average molecular weight is 333 g/mol. The Morgan fingerprint density at radius 2 is 0.692 bits per heavy atom. The van der Waals surface area contributed by atoms with Gasteiger partial charge in [-0.25, -0.2) is 0 Å². The molecule has 0 aliphatic heterocycles. The SMILES string of the molecule is BN(c1ccc(-c2ccccc2)cc1)c1ccc(-c2ccccc2)cc1. The molecule has 2 heteroatoms. The van der Waals surface area contributed by atoms with Gasteiger partial charge in [0.1, 0.15) is 0 Å². The summed E-state index contributed by atoms with van der Waals surface area (Å²) in [6, 6.07) is 38.4. The fourth-order valence-corrected chi connectivity index (χ4v) is 3.17. The monoisotopic (exact) mass is 333 g/mol. The molecular weight excluding hydrogens is 313 g/mol. The van der Waals surface area contributed by atoms with Gasteiger partial charge < -0.3 is 4.81 Å². The molecule has 4 aromatic rings. The Morgan fingerprint density at radius 1 is 0.385 bits per heavy atom. The second-order valence-corrected chi connectivity index (χ2v) is 6.38. The van der Waals surface area contributed by atoms with Gasteiger partial charge in [0.05, 0.1) is 0 Å². The molecule has 0 unspecified atom stereocenters. The summed E-state index contributed by atoms with van der Waals surface area (Å²) in [5, 5.41) is 0. The van der Waals surface area contributed by atoms with E-state index in [9.17, 15) is 0 Å². The first kappa shape index (κ1) is 16.2. The van der Waals surface area contributed by atoms with Gasteiger partial charge >= 0.3 is 0 Å². The summed E-state index contributed by atoms with van der Waals surface area (Å²) in [6.45, 7) is 0. The fraction of sp³-hybridized carbons (Fsp3) is 0. The molecule has 0 amide bonds. The van der Waals surface area contributed by atoms with E-state index < -0.39 is 0 Å². The van der Waals surface area contributed by atoms with Crippen LogP contribution in [0.4, 0.5) is 11.4 Å². The molecule has 0 saturated heterocycles. The van der Waals surface area contributed by atoms with Crippen LogP contribution in [0.1, 0.15) is 0 Å². The molecule has 1 nitrogen and oxygen atoms in total. The molecule has 0 aliphatic carbocycles. The van der Waals surface area contributed by atoms with Gasteiger partial charge in [0.15, 0.2) is 0 Å². The van der Waals surface area contributed by atoms with Crippen LogP contribution in [0.5, 0.6) is 0 Å². The summed E-state index contributed by atoms with van der Waals surface area (Å²) in [4.78, 5) is 2.21. The van der Waals surface area contributed by atoms with E-state index in [4.69, 9.17) is 0 Å². The zero-order chi connectivity index (χ0) is 17.8. The quantitative estimate of drug-likeness (QED) is 0.433. The Balaban J connectivity index is 1.55. The number of benzene rings is 4. The minimum absolute atomic E-state index is 1.18. The van der Waals surface area contributed by atoms with Gasteiger partial charge in [0.2, 0.25) is 7.98 Å². The second kappa shape index (κ2) is 7.32. The van der Waals surface area contributed by atoms with E-state index in [2.05, 4.69) is 110 Å². The standard InChI is InChI=1S/C24H20BN/c25-26(23-15-11-21(12-16-23)19-7-3-1-4-8-19)24-17-13-22(14-18-24)20-9-5-2-6-10-20/h1-18H,25H2. The van der Waals surface area contributed by atoms with Crippen LogP contribution in [0.15, 0.2) is 109 Å². The van der Waals surface area contributed by atoms with E-state index in [-0.39, 0.29) is 0 Å². The minimum atomic E-state index is 1.18. The highest BCUT2D eigenvalue weighted by Crippen LogP contribution is 2.28. The molecule has 0 aliphatic rings. The highest BCUT2D eigenvalue weighted by molar-refractivity contribution is 6.22. The molecular formula is C24H20BN. The van der Waals surface area contributed by atoms with Crippen molar-refractivity contribution in [1.29, 1.82) is 0 Å². The summed E-state index contributed by atoms with van der Waals surface area (Å²) in [5.41, 5.74) is 7.32. The summed E-state index contributed by atoms with van der Waals surface area (Å²) >= 11 is 0. The van der Waals surface area contributed by atoms with Crippen molar-refractivity contribution < 1.29 is 0 Å². The lowest BCUT2D eigenvalue weighted by atomic mass is 10.0. The van der Waals surface area contributed by atoms with Crippen LogP contribution in [0.2, 0.25) is 0 Å². The normalized spacial score (nSPS) is 10.5. The predicted molar refractivity (Wildman–Crippen MR) is 114 cm³/mol. The lowest BCUT2D eigenvalue weighted by Crippen LogP contribution is -2.11. The third-order valence-electron chi connectivity index (χ3n) is 4.72. The lowest BCUT2D eigenvalue weighted by molar-refractivity contribution is 1.41. The lowest BCUT2D eigenvalue weighted by Gasteiger charge is -2.21. The van der Waals surface area contributed by atoms with Crippen LogP contribution in [0.3, 0.4) is 0 Å². The van der Waals surface area contributed by atoms with Crippen LogP contribution in [0.25, 0.3) is 22.3 Å². The van der Waals surface area contributed by atoms with E-state index in [0.717, 1.165) is 0 Å². The first-order valence-electron chi connectivity index (χ1n) is 8.86. The van der Waals surface area contributed by atoms with Crippen LogP contribution >= 0.6 is 0 Å². The summed E-state index contributed by atoms with van der Waals surface area (Å²) in [6.07, 6.45) is 0. The average Bonchev–Trinajstić information content (AvgIpc) is 2.75. The fourth-order valence-electron chi connectivity index (χ4n) is 3.17. The molecule has 26 heavy (non-hydrogen) atoms. The zero-order valence-corrected chi connectivity index (χ0v) is 14.8. The van der Waals surface area contributed by atoms with Gasteiger partial charge in [-0.05, 0) is 46.5 Å². The largest absolute Gasteiger partial charge is 0.394 e. The molecule has 0 N–H and O–H groups in total. The number of anilines is 2. The Morgan fingerprint density at radius 3 is 1.04 bits per heavy atom. The molecule has 4 rings (SSSR count). The Hall–Kier alpha value is -3.26. The van der Waals surface area contributed by atoms with Gasteiger partial charge in [-0.1, -0.05) is 84.9 Å². The van der Waals surface area contributed by atoms with Gasteiger partial charge in [0.25, 0.3) is 0 Å². The molecule has 124 valence electrons. The number of rotatable bonds is 4. The Kier molecular flexibility index (Phi) is 4.57. The maximum absolute atomic E-state index is 2.21. The molecule has 0 fully saturated rings. The van der Waals surface area contributed by atoms with E-state index in [1.807, 2.05) is 12.1 Å². The van der Waals surface area contributed by atoms with E-state index >= 15 is 0 Å². The number of nitrogens with zero attached hydrogens (tertiary/aromatic N) is 1. The second-order valence-electron chi connectivity index (χ2n) is 6.38. The molecule has 0 atom stereocenters. The van der Waals surface area contributed by atoms with Crippen LogP contribution in [0, 0.1) is 0 Å². The van der Waals surface area contributed by atoms with Crippen molar-refractivity contribution in [2.24, 2.45) is 0 Å². The first-order valence-corrected chi connectivity index (χ1v) is 8.86. The first-order chi connectivity index (χ1) is 12.8. The van der Waals surface area contributed by atoms with E-state index in [1.54, 1.807) is 0 Å². The van der Waals surface area contributed by atoms with E-state index in [0.29, 0.717) is 0 Å². The van der Waals surface area contributed by atoms with Crippen LogP contribution in [-0.2, 0) is 0 Å². The smallest absolute Gasteiger partial charge is 0.223 e. The van der Waals surface area contributed by atoms with E-state index in [1.165, 1.54) is 33.6 Å². The van der Waals surface area contributed by atoms with Gasteiger partial charge in [-0.3, -0.25) is 0 Å². The molecule has 0 saturated carbocycles. The van der Waals surface area contributed by atoms with Crippen molar-refractivity contribution in [3.8, 4) is 22.3 Å². The third-order valence-corrected chi connectivity index (χ3v) is 4.72. The Labute approximate surface area is 156 Å². The third kappa shape index (κ3) is 3.40. The highest BCUT2D eigenvalue weighted by atomic mass is 15.0. The molecule has 4 aromatic carbocycles.